The number of nitrogens with one attached hydrogen (secondary N) is 1. The Balaban J connectivity index is 2.08. The SMILES string of the molecule is C[C@@H](Oc1ccccc1)C(=O)Nc1cc([N+](=O)[O-])ccc1[O-]. The number of non-ortho nitro benzene ring substituents is 1. The lowest BCUT2D eigenvalue weighted by Crippen LogP contribution is -2.30. The van der Waals surface area contributed by atoms with Crippen LogP contribution in [0.5, 0.6) is 11.5 Å². The number of nitro groups is 1. The summed E-state index contributed by atoms with van der Waals surface area (Å²) in [4.78, 5) is 22.1. The Morgan fingerprint density at radius 3 is 2.55 bits per heavy atom. The van der Waals surface area contributed by atoms with Gasteiger partial charge in [0.15, 0.2) is 6.10 Å². The maximum atomic E-state index is 12.0. The second-order valence-corrected chi connectivity index (χ2v) is 4.50. The van der Waals surface area contributed by atoms with E-state index in [1.807, 2.05) is 6.07 Å². The molecule has 22 heavy (non-hydrogen) atoms. The molecule has 1 N–H and O–H groups in total. The molecule has 0 fully saturated rings. The number of nitro benzene ring substituents is 1. The Kier molecular flexibility index (Phi) is 4.57. The molecule has 0 bridgehead atoms. The number of anilines is 1. The molecule has 0 saturated carbocycles. The highest BCUT2D eigenvalue weighted by Crippen LogP contribution is 2.26. The topological polar surface area (TPSA) is 105 Å². The highest BCUT2D eigenvalue weighted by molar-refractivity contribution is 5.95. The van der Waals surface area contributed by atoms with Crippen LogP contribution in [0.1, 0.15) is 6.92 Å². The highest BCUT2D eigenvalue weighted by atomic mass is 16.6. The quantitative estimate of drug-likeness (QED) is 0.672. The molecule has 0 unspecified atom stereocenters. The summed E-state index contributed by atoms with van der Waals surface area (Å²) in [6.07, 6.45) is -0.860. The van der Waals surface area contributed by atoms with E-state index in [-0.39, 0.29) is 11.4 Å². The molecule has 1 amide bonds. The smallest absolute Gasteiger partial charge is 0.271 e. The molecular formula is C15H13N2O5-. The van der Waals surface area contributed by atoms with E-state index in [0.29, 0.717) is 5.75 Å². The Morgan fingerprint density at radius 1 is 1.23 bits per heavy atom. The van der Waals surface area contributed by atoms with E-state index in [4.69, 9.17) is 4.74 Å². The molecule has 2 aromatic carbocycles. The second-order valence-electron chi connectivity index (χ2n) is 4.50. The summed E-state index contributed by atoms with van der Waals surface area (Å²) in [6.45, 7) is 1.52. The molecule has 2 rings (SSSR count). The summed E-state index contributed by atoms with van der Waals surface area (Å²) >= 11 is 0. The summed E-state index contributed by atoms with van der Waals surface area (Å²) < 4.78 is 5.42. The Labute approximate surface area is 126 Å². The predicted molar refractivity (Wildman–Crippen MR) is 77.7 cm³/mol. The van der Waals surface area contributed by atoms with E-state index in [0.717, 1.165) is 18.2 Å². The van der Waals surface area contributed by atoms with Gasteiger partial charge in [-0.2, -0.15) is 0 Å². The van der Waals surface area contributed by atoms with Crippen LogP contribution in [0.3, 0.4) is 0 Å². The van der Waals surface area contributed by atoms with E-state index in [1.54, 1.807) is 24.3 Å². The maximum absolute atomic E-state index is 12.0. The van der Waals surface area contributed by atoms with Crippen molar-refractivity contribution in [2.45, 2.75) is 13.0 Å². The van der Waals surface area contributed by atoms with Crippen LogP contribution in [0, 0.1) is 10.1 Å². The lowest BCUT2D eigenvalue weighted by molar-refractivity contribution is -0.385. The van der Waals surface area contributed by atoms with E-state index < -0.39 is 22.7 Å². The molecule has 7 heteroatoms. The maximum Gasteiger partial charge on any atom is 0.271 e. The average Bonchev–Trinajstić information content (AvgIpc) is 2.50. The molecule has 0 heterocycles. The molecule has 0 aliphatic rings. The molecule has 0 spiro atoms. The van der Waals surface area contributed by atoms with Gasteiger partial charge >= 0.3 is 0 Å². The minimum absolute atomic E-state index is 0.150. The number of hydrogen-bond donors (Lipinski definition) is 1. The zero-order valence-electron chi connectivity index (χ0n) is 11.7. The standard InChI is InChI=1S/C15H14N2O5/c1-10(22-12-5-3-2-4-6-12)15(19)16-13-9-11(17(20)21)7-8-14(13)18/h2-10,18H,1H3,(H,16,19)/p-1/t10-/m1/s1. The average molecular weight is 301 g/mol. The number of amides is 1. The van der Waals surface area contributed by atoms with Crippen LogP contribution in [0.4, 0.5) is 11.4 Å². The molecule has 0 aromatic heterocycles. The van der Waals surface area contributed by atoms with Crippen molar-refractivity contribution in [2.75, 3.05) is 5.32 Å². The molecule has 114 valence electrons. The van der Waals surface area contributed by atoms with Crippen molar-refractivity contribution in [3.05, 3.63) is 58.6 Å². The fourth-order valence-electron chi connectivity index (χ4n) is 1.72. The molecule has 1 atom stereocenters. The summed E-state index contributed by atoms with van der Waals surface area (Å²) in [5.74, 6) is -0.571. The van der Waals surface area contributed by atoms with Gasteiger partial charge in [-0.05, 0) is 19.1 Å². The highest BCUT2D eigenvalue weighted by Gasteiger charge is 2.16. The Morgan fingerprint density at radius 2 is 1.91 bits per heavy atom. The third kappa shape index (κ3) is 3.72. The number of ether oxygens (including phenoxy) is 1. The monoisotopic (exact) mass is 301 g/mol. The first-order valence-electron chi connectivity index (χ1n) is 6.45. The Bertz CT molecular complexity index is 688. The van der Waals surface area contributed by atoms with Crippen LogP contribution < -0.4 is 15.2 Å². The largest absolute Gasteiger partial charge is 0.871 e. The zero-order chi connectivity index (χ0) is 16.1. The predicted octanol–water partition coefficient (Wildman–Crippen LogP) is 2.07. The minimum atomic E-state index is -0.860. The second kappa shape index (κ2) is 6.57. The molecule has 2 aromatic rings. The van der Waals surface area contributed by atoms with Gasteiger partial charge in [0.05, 0.1) is 4.92 Å². The first-order chi connectivity index (χ1) is 10.5. The van der Waals surface area contributed by atoms with Crippen molar-refractivity contribution in [3.63, 3.8) is 0 Å². The van der Waals surface area contributed by atoms with Crippen molar-refractivity contribution in [3.8, 4) is 11.5 Å². The molecule has 0 radical (unpaired) electrons. The lowest BCUT2D eigenvalue weighted by atomic mass is 10.2. The number of nitrogens with zero attached hydrogens (tertiary/aromatic N) is 1. The van der Waals surface area contributed by atoms with Gasteiger partial charge in [0.2, 0.25) is 0 Å². The Hall–Kier alpha value is -3.09. The number of para-hydroxylation sites is 1. The van der Waals surface area contributed by atoms with Crippen LogP contribution >= 0.6 is 0 Å². The third-order valence-electron chi connectivity index (χ3n) is 2.86. The summed E-state index contributed by atoms with van der Waals surface area (Å²) in [7, 11) is 0. The number of benzene rings is 2. The number of rotatable bonds is 5. The van der Waals surface area contributed by atoms with Crippen LogP contribution in [0.15, 0.2) is 48.5 Å². The number of carbonyl (C=O) groups excluding carboxylic acids is 1. The van der Waals surface area contributed by atoms with Crippen LogP contribution in [0.2, 0.25) is 0 Å². The van der Waals surface area contributed by atoms with Crippen LogP contribution in [-0.2, 0) is 4.79 Å². The normalized spacial score (nSPS) is 11.5. The molecule has 7 nitrogen and oxygen atoms in total. The van der Waals surface area contributed by atoms with Crippen molar-refractivity contribution >= 4 is 17.3 Å². The fraction of sp³-hybridized carbons (Fsp3) is 0.133. The van der Waals surface area contributed by atoms with E-state index >= 15 is 0 Å². The van der Waals surface area contributed by atoms with Crippen LogP contribution in [-0.4, -0.2) is 16.9 Å². The molecular weight excluding hydrogens is 288 g/mol. The molecule has 0 saturated heterocycles. The summed E-state index contributed by atoms with van der Waals surface area (Å²) in [6, 6.07) is 11.9. The zero-order valence-corrected chi connectivity index (χ0v) is 11.7. The minimum Gasteiger partial charge on any atom is -0.871 e. The summed E-state index contributed by atoms with van der Waals surface area (Å²) in [5, 5.41) is 24.7. The van der Waals surface area contributed by atoms with Crippen molar-refractivity contribution < 1.29 is 19.6 Å². The van der Waals surface area contributed by atoms with E-state index in [1.165, 1.54) is 6.92 Å². The van der Waals surface area contributed by atoms with Gasteiger partial charge in [-0.1, -0.05) is 30.0 Å². The van der Waals surface area contributed by atoms with Gasteiger partial charge in [0, 0.05) is 17.8 Å². The van der Waals surface area contributed by atoms with Crippen molar-refractivity contribution in [2.24, 2.45) is 0 Å². The van der Waals surface area contributed by atoms with E-state index in [9.17, 15) is 20.0 Å². The number of carbonyl (C=O) groups is 1. The summed E-state index contributed by atoms with van der Waals surface area (Å²) in [5.41, 5.74) is -0.422. The fourth-order valence-corrected chi connectivity index (χ4v) is 1.72. The van der Waals surface area contributed by atoms with Gasteiger partial charge in [-0.25, -0.2) is 0 Å². The van der Waals surface area contributed by atoms with E-state index in [2.05, 4.69) is 5.32 Å². The molecule has 0 aliphatic carbocycles. The van der Waals surface area contributed by atoms with Crippen LogP contribution in [0.25, 0.3) is 0 Å². The first-order valence-corrected chi connectivity index (χ1v) is 6.45. The van der Waals surface area contributed by atoms with Gasteiger partial charge in [0.25, 0.3) is 11.6 Å². The third-order valence-corrected chi connectivity index (χ3v) is 2.86. The number of hydrogen-bond acceptors (Lipinski definition) is 5. The first kappa shape index (κ1) is 15.3. The van der Waals surface area contributed by atoms with Gasteiger partial charge in [0.1, 0.15) is 5.75 Å². The van der Waals surface area contributed by atoms with Crippen molar-refractivity contribution in [1.29, 1.82) is 0 Å². The van der Waals surface area contributed by atoms with Gasteiger partial charge < -0.3 is 15.2 Å². The van der Waals surface area contributed by atoms with Gasteiger partial charge in [-0.15, -0.1) is 0 Å². The van der Waals surface area contributed by atoms with Crippen molar-refractivity contribution in [1.82, 2.24) is 0 Å². The van der Waals surface area contributed by atoms with Gasteiger partial charge in [-0.3, -0.25) is 14.9 Å². The molecule has 0 aliphatic heterocycles. The lowest BCUT2D eigenvalue weighted by Gasteiger charge is -2.18.